The van der Waals surface area contributed by atoms with Gasteiger partial charge in [0.1, 0.15) is 0 Å². The normalized spacial score (nSPS) is 11.5. The minimum absolute atomic E-state index is 0.182. The minimum Gasteiger partial charge on any atom is -0.363 e. The summed E-state index contributed by atoms with van der Waals surface area (Å²) in [5, 5.41) is 12.2. The fourth-order valence-corrected chi connectivity index (χ4v) is 1.07. The Morgan fingerprint density at radius 3 is 2.75 bits per heavy atom. The van der Waals surface area contributed by atoms with Gasteiger partial charge in [-0.15, -0.1) is 0 Å². The fourth-order valence-electron chi connectivity index (χ4n) is 0.745. The molecule has 0 spiro atoms. The van der Waals surface area contributed by atoms with Crippen molar-refractivity contribution in [2.45, 2.75) is 26.3 Å². The predicted octanol–water partition coefficient (Wildman–Crippen LogP) is 1.11. The van der Waals surface area contributed by atoms with Crippen LogP contribution in [0.2, 0.25) is 0 Å². The van der Waals surface area contributed by atoms with Crippen LogP contribution in [0.4, 0.5) is 0 Å². The number of thiocarbonyl (C=S) groups is 1. The molecule has 0 bridgehead atoms. The maximum Gasteiger partial charge on any atom is 0.168 e. The van der Waals surface area contributed by atoms with Crippen LogP contribution in [0.1, 0.15) is 20.3 Å². The fraction of sp³-hybridized carbons (Fsp3) is 0.750. The lowest BCUT2D eigenvalue weighted by Gasteiger charge is -2.25. The van der Waals surface area contributed by atoms with E-state index in [2.05, 4.69) is 11.4 Å². The summed E-state index contributed by atoms with van der Waals surface area (Å²) < 4.78 is 0. The first kappa shape index (κ1) is 11.2. The standard InChI is InChI=1S/C8H15N3S/c1-4-10-8(12)11(3)7(2)5-6-9/h7H,4-5H2,1-3H3,(H,10,12). The van der Waals surface area contributed by atoms with Gasteiger partial charge in [-0.1, -0.05) is 0 Å². The molecule has 1 atom stereocenters. The molecule has 12 heavy (non-hydrogen) atoms. The molecule has 0 aromatic rings. The highest BCUT2D eigenvalue weighted by Crippen LogP contribution is 1.99. The van der Waals surface area contributed by atoms with Crippen molar-refractivity contribution in [3.05, 3.63) is 0 Å². The Balaban J connectivity index is 3.92. The van der Waals surface area contributed by atoms with Gasteiger partial charge in [0.2, 0.25) is 0 Å². The second-order valence-electron chi connectivity index (χ2n) is 2.66. The first-order chi connectivity index (χ1) is 5.63. The van der Waals surface area contributed by atoms with Gasteiger partial charge in [0.05, 0.1) is 12.5 Å². The Morgan fingerprint density at radius 2 is 2.33 bits per heavy atom. The van der Waals surface area contributed by atoms with Gasteiger partial charge in [0.25, 0.3) is 0 Å². The third-order valence-corrected chi connectivity index (χ3v) is 2.13. The number of hydrogen-bond acceptors (Lipinski definition) is 2. The highest BCUT2D eigenvalue weighted by Gasteiger charge is 2.10. The van der Waals surface area contributed by atoms with Gasteiger partial charge in [0, 0.05) is 19.6 Å². The van der Waals surface area contributed by atoms with Gasteiger partial charge >= 0.3 is 0 Å². The average molecular weight is 185 g/mol. The summed E-state index contributed by atoms with van der Waals surface area (Å²) in [6.45, 7) is 4.80. The number of nitriles is 1. The molecule has 0 aromatic heterocycles. The number of hydrogen-bond donors (Lipinski definition) is 1. The van der Waals surface area contributed by atoms with Gasteiger partial charge in [-0.3, -0.25) is 0 Å². The third-order valence-electron chi connectivity index (χ3n) is 1.70. The molecule has 0 rings (SSSR count). The molecule has 3 nitrogen and oxygen atoms in total. The molecule has 0 saturated heterocycles. The van der Waals surface area contributed by atoms with E-state index in [1.165, 1.54) is 0 Å². The maximum atomic E-state index is 8.46. The van der Waals surface area contributed by atoms with Gasteiger partial charge in [-0.25, -0.2) is 0 Å². The summed E-state index contributed by atoms with van der Waals surface area (Å²) in [5.74, 6) is 0. The van der Waals surface area contributed by atoms with Crippen LogP contribution in [0.5, 0.6) is 0 Å². The third kappa shape index (κ3) is 3.54. The molecule has 0 aliphatic heterocycles. The van der Waals surface area contributed by atoms with E-state index in [1.807, 2.05) is 25.8 Å². The number of nitrogens with zero attached hydrogens (tertiary/aromatic N) is 2. The van der Waals surface area contributed by atoms with Crippen LogP contribution in [-0.2, 0) is 0 Å². The van der Waals surface area contributed by atoms with Crippen molar-refractivity contribution in [3.63, 3.8) is 0 Å². The maximum absolute atomic E-state index is 8.46. The first-order valence-electron chi connectivity index (χ1n) is 4.01. The summed E-state index contributed by atoms with van der Waals surface area (Å²) in [6.07, 6.45) is 0.502. The van der Waals surface area contributed by atoms with E-state index >= 15 is 0 Å². The van der Waals surface area contributed by atoms with Gasteiger partial charge in [0.15, 0.2) is 5.11 Å². The molecule has 0 aliphatic rings. The van der Waals surface area contributed by atoms with Crippen molar-refractivity contribution >= 4 is 17.3 Å². The molecule has 0 saturated carbocycles. The Morgan fingerprint density at radius 1 is 1.75 bits per heavy atom. The molecular formula is C8H15N3S. The molecule has 0 radical (unpaired) electrons. The van der Waals surface area contributed by atoms with Gasteiger partial charge in [-0.05, 0) is 26.1 Å². The van der Waals surface area contributed by atoms with Crippen molar-refractivity contribution in [2.24, 2.45) is 0 Å². The molecule has 0 fully saturated rings. The molecule has 0 aromatic carbocycles. The Hall–Kier alpha value is -0.820. The Bertz CT molecular complexity index is 185. The lowest BCUT2D eigenvalue weighted by molar-refractivity contribution is 0.390. The van der Waals surface area contributed by atoms with E-state index in [1.54, 1.807) is 0 Å². The van der Waals surface area contributed by atoms with Crippen LogP contribution in [0.15, 0.2) is 0 Å². The van der Waals surface area contributed by atoms with Crippen LogP contribution < -0.4 is 5.32 Å². The van der Waals surface area contributed by atoms with E-state index in [0.717, 1.165) is 6.54 Å². The Kier molecular flexibility index (Phi) is 5.39. The van der Waals surface area contributed by atoms with Gasteiger partial charge < -0.3 is 10.2 Å². The van der Waals surface area contributed by atoms with Crippen molar-refractivity contribution in [2.75, 3.05) is 13.6 Å². The topological polar surface area (TPSA) is 39.1 Å². The smallest absolute Gasteiger partial charge is 0.168 e. The predicted molar refractivity (Wildman–Crippen MR) is 53.7 cm³/mol. The molecule has 0 heterocycles. The average Bonchev–Trinajstić information content (AvgIpc) is 2.04. The number of nitrogens with one attached hydrogen (secondary N) is 1. The largest absolute Gasteiger partial charge is 0.363 e. The number of rotatable bonds is 3. The van der Waals surface area contributed by atoms with Crippen molar-refractivity contribution in [1.82, 2.24) is 10.2 Å². The first-order valence-corrected chi connectivity index (χ1v) is 4.41. The van der Waals surface area contributed by atoms with E-state index in [9.17, 15) is 0 Å². The molecule has 1 N–H and O–H groups in total. The molecule has 4 heteroatoms. The molecule has 0 amide bonds. The molecule has 0 aliphatic carbocycles. The van der Waals surface area contributed by atoms with Gasteiger partial charge in [-0.2, -0.15) is 5.26 Å². The van der Waals surface area contributed by atoms with E-state index in [-0.39, 0.29) is 6.04 Å². The minimum atomic E-state index is 0.182. The Labute approximate surface area is 79.4 Å². The molecular weight excluding hydrogens is 170 g/mol. The van der Waals surface area contributed by atoms with Crippen molar-refractivity contribution in [1.29, 1.82) is 5.26 Å². The van der Waals surface area contributed by atoms with Crippen LogP contribution in [-0.4, -0.2) is 29.6 Å². The van der Waals surface area contributed by atoms with E-state index in [4.69, 9.17) is 17.5 Å². The van der Waals surface area contributed by atoms with Crippen LogP contribution in [0.25, 0.3) is 0 Å². The summed E-state index contributed by atoms with van der Waals surface area (Å²) in [6, 6.07) is 2.30. The lowest BCUT2D eigenvalue weighted by atomic mass is 10.2. The summed E-state index contributed by atoms with van der Waals surface area (Å²) in [4.78, 5) is 1.90. The highest BCUT2D eigenvalue weighted by atomic mass is 32.1. The summed E-state index contributed by atoms with van der Waals surface area (Å²) >= 11 is 5.07. The zero-order valence-electron chi connectivity index (χ0n) is 7.79. The van der Waals surface area contributed by atoms with Crippen molar-refractivity contribution < 1.29 is 0 Å². The van der Waals surface area contributed by atoms with Crippen LogP contribution >= 0.6 is 12.2 Å². The quantitative estimate of drug-likeness (QED) is 0.669. The van der Waals surface area contributed by atoms with Crippen LogP contribution in [0.3, 0.4) is 0 Å². The monoisotopic (exact) mass is 185 g/mol. The summed E-state index contributed by atoms with van der Waals surface area (Å²) in [5.41, 5.74) is 0. The second-order valence-corrected chi connectivity index (χ2v) is 3.04. The SMILES string of the molecule is CCNC(=S)N(C)C(C)CC#N. The van der Waals surface area contributed by atoms with E-state index in [0.29, 0.717) is 11.5 Å². The zero-order chi connectivity index (χ0) is 9.56. The molecule has 68 valence electrons. The van der Waals surface area contributed by atoms with E-state index < -0.39 is 0 Å². The lowest BCUT2D eigenvalue weighted by Crippen LogP contribution is -2.41. The summed E-state index contributed by atoms with van der Waals surface area (Å²) in [7, 11) is 1.90. The highest BCUT2D eigenvalue weighted by molar-refractivity contribution is 7.80. The van der Waals surface area contributed by atoms with Crippen molar-refractivity contribution in [3.8, 4) is 6.07 Å². The van der Waals surface area contributed by atoms with Crippen LogP contribution in [0, 0.1) is 11.3 Å². The second kappa shape index (κ2) is 5.78. The zero-order valence-corrected chi connectivity index (χ0v) is 8.61. The molecule has 1 unspecified atom stereocenters.